The van der Waals surface area contributed by atoms with E-state index in [2.05, 4.69) is 54.3 Å². The molecule has 0 atom stereocenters. The highest BCUT2D eigenvalue weighted by Gasteiger charge is 2.07. The molecule has 0 bridgehead atoms. The minimum atomic E-state index is 0.150. The third-order valence-corrected chi connectivity index (χ3v) is 3.19. The number of hydrazone groups is 1. The van der Waals surface area contributed by atoms with Crippen LogP contribution in [0.5, 0.6) is 5.75 Å². The van der Waals surface area contributed by atoms with Crippen LogP contribution in [0.1, 0.15) is 5.56 Å². The maximum Gasteiger partial charge on any atom is 0.224 e. The molecule has 0 amide bonds. The summed E-state index contributed by atoms with van der Waals surface area (Å²) in [5.74, 6) is 0.150. The Morgan fingerprint density at radius 2 is 2.22 bits per heavy atom. The summed E-state index contributed by atoms with van der Waals surface area (Å²) in [6.45, 7) is 4.15. The summed E-state index contributed by atoms with van der Waals surface area (Å²) < 4.78 is 1.46. The van der Waals surface area contributed by atoms with Gasteiger partial charge in [0.15, 0.2) is 0 Å². The van der Waals surface area contributed by atoms with Crippen molar-refractivity contribution in [3.05, 3.63) is 39.3 Å². The van der Waals surface area contributed by atoms with E-state index in [1.165, 1.54) is 0 Å². The van der Waals surface area contributed by atoms with Crippen LogP contribution in [0.15, 0.2) is 33.7 Å². The molecular formula is C11H12Br2N3OS+. The molecule has 0 aromatic heterocycles. The second kappa shape index (κ2) is 7.50. The van der Waals surface area contributed by atoms with E-state index in [0.29, 0.717) is 21.7 Å². The molecular weight excluding hydrogens is 382 g/mol. The van der Waals surface area contributed by atoms with E-state index in [-0.39, 0.29) is 5.75 Å². The molecule has 0 spiro atoms. The SMILES string of the molecule is C=CCNC(=S)N/[NH+]=C/c1cc(Br)cc(Br)c1O. The van der Waals surface area contributed by atoms with Crippen LogP contribution < -0.4 is 15.8 Å². The molecule has 1 rings (SSSR count). The van der Waals surface area contributed by atoms with Gasteiger partial charge in [-0.05, 0) is 40.3 Å². The van der Waals surface area contributed by atoms with Gasteiger partial charge in [0.2, 0.25) is 11.3 Å². The molecule has 0 saturated carbocycles. The van der Waals surface area contributed by atoms with Crippen molar-refractivity contribution in [2.75, 3.05) is 6.54 Å². The molecule has 96 valence electrons. The lowest BCUT2D eigenvalue weighted by Gasteiger charge is -2.01. The van der Waals surface area contributed by atoms with E-state index in [1.807, 2.05) is 0 Å². The Hall–Kier alpha value is -0.920. The topological polar surface area (TPSA) is 58.3 Å². The number of aromatic hydroxyl groups is 1. The monoisotopic (exact) mass is 392 g/mol. The van der Waals surface area contributed by atoms with Gasteiger partial charge in [-0.15, -0.1) is 17.1 Å². The number of nitrogens with one attached hydrogen (secondary N) is 3. The van der Waals surface area contributed by atoms with Crippen molar-refractivity contribution in [2.45, 2.75) is 0 Å². The van der Waals surface area contributed by atoms with E-state index >= 15 is 0 Å². The largest absolute Gasteiger partial charge is 0.506 e. The number of phenolic OH excluding ortho intramolecular Hbond substituents is 1. The fourth-order valence-electron chi connectivity index (χ4n) is 1.08. The number of rotatable bonds is 4. The quantitative estimate of drug-likeness (QED) is 0.266. The molecule has 1 aromatic rings. The first-order valence-corrected chi connectivity index (χ1v) is 6.95. The van der Waals surface area contributed by atoms with Crippen LogP contribution in [-0.4, -0.2) is 23.0 Å². The fraction of sp³-hybridized carbons (Fsp3) is 0.0909. The minimum Gasteiger partial charge on any atom is -0.506 e. The third-order valence-electron chi connectivity index (χ3n) is 1.88. The second-order valence-corrected chi connectivity index (χ2v) is 5.42. The average Bonchev–Trinajstić information content (AvgIpc) is 2.32. The van der Waals surface area contributed by atoms with Gasteiger partial charge >= 0.3 is 0 Å². The van der Waals surface area contributed by atoms with E-state index in [0.717, 1.165) is 4.47 Å². The molecule has 18 heavy (non-hydrogen) atoms. The van der Waals surface area contributed by atoms with Crippen molar-refractivity contribution in [3.8, 4) is 5.75 Å². The van der Waals surface area contributed by atoms with Gasteiger partial charge < -0.3 is 10.4 Å². The van der Waals surface area contributed by atoms with Crippen molar-refractivity contribution in [1.29, 1.82) is 0 Å². The van der Waals surface area contributed by atoms with E-state index in [4.69, 9.17) is 12.2 Å². The summed E-state index contributed by atoms with van der Waals surface area (Å²) in [5.41, 5.74) is 3.38. The molecule has 1 aromatic carbocycles. The van der Waals surface area contributed by atoms with Crippen LogP contribution in [0.4, 0.5) is 0 Å². The summed E-state index contributed by atoms with van der Waals surface area (Å²) in [4.78, 5) is 0. The molecule has 0 aliphatic rings. The first-order chi connectivity index (χ1) is 8.54. The maximum atomic E-state index is 9.80. The summed E-state index contributed by atoms with van der Waals surface area (Å²) in [6.07, 6.45) is 3.31. The summed E-state index contributed by atoms with van der Waals surface area (Å²) in [5, 5.41) is 15.9. The number of hydrogen-bond donors (Lipinski definition) is 4. The maximum absolute atomic E-state index is 9.80. The normalized spacial score (nSPS) is 10.3. The van der Waals surface area contributed by atoms with Crippen molar-refractivity contribution >= 4 is 55.4 Å². The van der Waals surface area contributed by atoms with Crippen LogP contribution in [0.25, 0.3) is 0 Å². The lowest BCUT2D eigenvalue weighted by atomic mass is 10.2. The zero-order valence-electron chi connectivity index (χ0n) is 9.34. The van der Waals surface area contributed by atoms with Gasteiger partial charge in [-0.3, -0.25) is 0 Å². The zero-order chi connectivity index (χ0) is 13.5. The number of benzene rings is 1. The smallest absolute Gasteiger partial charge is 0.224 e. The van der Waals surface area contributed by atoms with E-state index in [9.17, 15) is 5.11 Å². The molecule has 0 aliphatic heterocycles. The number of hydrazine groups is 1. The van der Waals surface area contributed by atoms with Gasteiger partial charge in [0.1, 0.15) is 5.75 Å². The molecule has 0 radical (unpaired) electrons. The lowest BCUT2D eigenvalue weighted by Crippen LogP contribution is -2.82. The summed E-state index contributed by atoms with van der Waals surface area (Å²) in [6, 6.07) is 3.53. The molecule has 0 unspecified atom stereocenters. The first-order valence-electron chi connectivity index (χ1n) is 4.96. The number of halogens is 2. The Balaban J connectivity index is 2.67. The van der Waals surface area contributed by atoms with Gasteiger partial charge in [0.05, 0.1) is 10.0 Å². The Bertz CT molecular complexity index is 491. The fourth-order valence-corrected chi connectivity index (χ4v) is 2.48. The molecule has 0 fully saturated rings. The lowest BCUT2D eigenvalue weighted by molar-refractivity contribution is -0.500. The summed E-state index contributed by atoms with van der Waals surface area (Å²) in [7, 11) is 0. The summed E-state index contributed by atoms with van der Waals surface area (Å²) >= 11 is 11.6. The van der Waals surface area contributed by atoms with Crippen molar-refractivity contribution in [2.24, 2.45) is 0 Å². The first kappa shape index (κ1) is 15.1. The molecule has 7 heteroatoms. The van der Waals surface area contributed by atoms with Crippen LogP contribution in [0.2, 0.25) is 0 Å². The highest BCUT2D eigenvalue weighted by molar-refractivity contribution is 9.11. The highest BCUT2D eigenvalue weighted by Crippen LogP contribution is 2.30. The molecule has 0 aliphatic carbocycles. The minimum absolute atomic E-state index is 0.150. The standard InChI is InChI=1S/C11H11Br2N3OS/c1-2-3-14-11(18)16-15-6-7-4-8(12)5-9(13)10(7)17/h2,4-6,17H,1,3H2,(H2,14,16,18)/p+1/b15-6+. The molecule has 0 heterocycles. The predicted octanol–water partition coefficient (Wildman–Crippen LogP) is 0.982. The Kier molecular flexibility index (Phi) is 6.31. The molecule has 0 saturated heterocycles. The van der Waals surface area contributed by atoms with E-state index < -0.39 is 0 Å². The number of phenols is 1. The Morgan fingerprint density at radius 3 is 2.89 bits per heavy atom. The van der Waals surface area contributed by atoms with Crippen molar-refractivity contribution < 1.29 is 10.2 Å². The molecule has 4 N–H and O–H groups in total. The highest BCUT2D eigenvalue weighted by atomic mass is 79.9. The van der Waals surface area contributed by atoms with Gasteiger partial charge in [0, 0.05) is 11.0 Å². The Labute approximate surface area is 127 Å². The average molecular weight is 394 g/mol. The van der Waals surface area contributed by atoms with Gasteiger partial charge in [-0.2, -0.15) is 0 Å². The number of hydrogen-bond acceptors (Lipinski definition) is 2. The van der Waals surface area contributed by atoms with Gasteiger partial charge in [-0.25, -0.2) is 0 Å². The van der Waals surface area contributed by atoms with E-state index in [1.54, 1.807) is 24.4 Å². The molecule has 4 nitrogen and oxygen atoms in total. The van der Waals surface area contributed by atoms with Crippen LogP contribution in [0, 0.1) is 0 Å². The van der Waals surface area contributed by atoms with Gasteiger partial charge in [-0.1, -0.05) is 22.0 Å². The van der Waals surface area contributed by atoms with Crippen LogP contribution >= 0.6 is 44.1 Å². The predicted molar refractivity (Wildman–Crippen MR) is 83.6 cm³/mol. The van der Waals surface area contributed by atoms with Crippen LogP contribution in [-0.2, 0) is 0 Å². The Morgan fingerprint density at radius 1 is 1.50 bits per heavy atom. The second-order valence-electron chi connectivity index (χ2n) is 3.24. The third kappa shape index (κ3) is 4.75. The zero-order valence-corrected chi connectivity index (χ0v) is 13.3. The van der Waals surface area contributed by atoms with Crippen LogP contribution in [0.3, 0.4) is 0 Å². The van der Waals surface area contributed by atoms with Gasteiger partial charge in [0.25, 0.3) is 0 Å². The number of thiocarbonyl (C=S) groups is 1. The van der Waals surface area contributed by atoms with Crippen molar-refractivity contribution in [3.63, 3.8) is 0 Å². The van der Waals surface area contributed by atoms with Crippen molar-refractivity contribution in [1.82, 2.24) is 10.7 Å².